The number of aryl methyl sites for hydroxylation is 1. The summed E-state index contributed by atoms with van der Waals surface area (Å²) in [7, 11) is 0. The zero-order chi connectivity index (χ0) is 13.5. The van der Waals surface area contributed by atoms with E-state index >= 15 is 0 Å². The van der Waals surface area contributed by atoms with Crippen molar-refractivity contribution < 1.29 is 14.7 Å². The van der Waals surface area contributed by atoms with Gasteiger partial charge in [-0.05, 0) is 17.5 Å². The molecule has 1 atom stereocenters. The van der Waals surface area contributed by atoms with Crippen LogP contribution >= 0.6 is 0 Å². The van der Waals surface area contributed by atoms with E-state index in [9.17, 15) is 9.59 Å². The molecule has 1 rings (SSSR count). The molecule has 0 aliphatic carbocycles. The first-order valence-corrected chi connectivity index (χ1v) is 6.10. The molecule has 1 aromatic carbocycles. The molecule has 2 N–H and O–H groups in total. The highest BCUT2D eigenvalue weighted by Gasteiger charge is 2.15. The zero-order valence-electron chi connectivity index (χ0n) is 10.8. The van der Waals surface area contributed by atoms with Gasteiger partial charge in [-0.25, -0.2) is 0 Å². The Kier molecular flexibility index (Phi) is 5.36. The summed E-state index contributed by atoms with van der Waals surface area (Å²) in [5.41, 5.74) is 2.27. The zero-order valence-corrected chi connectivity index (χ0v) is 10.8. The molecule has 1 unspecified atom stereocenters. The van der Waals surface area contributed by atoms with Crippen LogP contribution in [0, 0.1) is 5.92 Å². The van der Waals surface area contributed by atoms with Gasteiger partial charge in [0.1, 0.15) is 0 Å². The SMILES string of the molecule is CCc1ccc(CNC(=O)C(C)CC(=O)O)cc1. The van der Waals surface area contributed by atoms with Crippen LogP contribution in [0.15, 0.2) is 24.3 Å². The van der Waals surface area contributed by atoms with Gasteiger partial charge < -0.3 is 10.4 Å². The Hall–Kier alpha value is -1.84. The Morgan fingerprint density at radius 2 is 1.78 bits per heavy atom. The van der Waals surface area contributed by atoms with Crippen molar-refractivity contribution in [2.45, 2.75) is 33.2 Å². The maximum absolute atomic E-state index is 11.6. The molecule has 0 saturated heterocycles. The van der Waals surface area contributed by atoms with Crippen LogP contribution in [0.1, 0.15) is 31.4 Å². The van der Waals surface area contributed by atoms with Crippen molar-refractivity contribution >= 4 is 11.9 Å². The van der Waals surface area contributed by atoms with Crippen LogP contribution in [-0.4, -0.2) is 17.0 Å². The Bertz CT molecular complexity index is 412. The molecule has 98 valence electrons. The standard InChI is InChI=1S/C14H19NO3/c1-3-11-4-6-12(7-5-11)9-15-14(18)10(2)8-13(16)17/h4-7,10H,3,8-9H2,1-2H3,(H,15,18)(H,16,17). The molecule has 0 aromatic heterocycles. The van der Waals surface area contributed by atoms with Gasteiger partial charge in [-0.1, -0.05) is 38.1 Å². The second-order valence-electron chi connectivity index (χ2n) is 4.39. The van der Waals surface area contributed by atoms with Gasteiger partial charge in [0.05, 0.1) is 6.42 Å². The number of aliphatic carboxylic acids is 1. The summed E-state index contributed by atoms with van der Waals surface area (Å²) in [6.45, 7) is 4.14. The lowest BCUT2D eigenvalue weighted by atomic mass is 10.1. The minimum Gasteiger partial charge on any atom is -0.481 e. The number of benzene rings is 1. The average Bonchev–Trinajstić information content (AvgIpc) is 2.35. The molecule has 0 aliphatic rings. The summed E-state index contributed by atoms with van der Waals surface area (Å²) in [5, 5.41) is 11.3. The van der Waals surface area contributed by atoms with Crippen molar-refractivity contribution in [2.75, 3.05) is 0 Å². The monoisotopic (exact) mass is 249 g/mol. The highest BCUT2D eigenvalue weighted by Crippen LogP contribution is 2.06. The van der Waals surface area contributed by atoms with E-state index in [-0.39, 0.29) is 12.3 Å². The number of hydrogen-bond donors (Lipinski definition) is 2. The fourth-order valence-corrected chi connectivity index (χ4v) is 1.61. The summed E-state index contributed by atoms with van der Waals surface area (Å²) < 4.78 is 0. The third-order valence-electron chi connectivity index (χ3n) is 2.83. The molecule has 0 aliphatic heterocycles. The van der Waals surface area contributed by atoms with E-state index in [2.05, 4.69) is 12.2 Å². The number of rotatable bonds is 6. The van der Waals surface area contributed by atoms with Gasteiger partial charge in [0.25, 0.3) is 0 Å². The van der Waals surface area contributed by atoms with Crippen molar-refractivity contribution in [1.29, 1.82) is 0 Å². The lowest BCUT2D eigenvalue weighted by Crippen LogP contribution is -2.30. The normalized spacial score (nSPS) is 11.9. The van der Waals surface area contributed by atoms with E-state index in [1.807, 2.05) is 24.3 Å². The van der Waals surface area contributed by atoms with Crippen molar-refractivity contribution in [3.63, 3.8) is 0 Å². The van der Waals surface area contributed by atoms with E-state index in [0.717, 1.165) is 12.0 Å². The average molecular weight is 249 g/mol. The number of carbonyl (C=O) groups is 2. The fraction of sp³-hybridized carbons (Fsp3) is 0.429. The van der Waals surface area contributed by atoms with Gasteiger partial charge >= 0.3 is 5.97 Å². The van der Waals surface area contributed by atoms with Gasteiger partial charge in [0, 0.05) is 12.5 Å². The first-order valence-electron chi connectivity index (χ1n) is 6.10. The molecule has 0 fully saturated rings. The van der Waals surface area contributed by atoms with Gasteiger partial charge in [-0.15, -0.1) is 0 Å². The van der Waals surface area contributed by atoms with Crippen LogP contribution in [0.4, 0.5) is 0 Å². The first-order chi connectivity index (χ1) is 8.52. The third kappa shape index (κ3) is 4.57. The van der Waals surface area contributed by atoms with Gasteiger partial charge in [-0.2, -0.15) is 0 Å². The topological polar surface area (TPSA) is 66.4 Å². The number of amides is 1. The van der Waals surface area contributed by atoms with Gasteiger partial charge in [0.2, 0.25) is 5.91 Å². The summed E-state index contributed by atoms with van der Waals surface area (Å²) in [6.07, 6.45) is 0.850. The number of carboxylic acid groups (broad SMARTS) is 1. The highest BCUT2D eigenvalue weighted by atomic mass is 16.4. The van der Waals surface area contributed by atoms with Crippen molar-refractivity contribution in [2.24, 2.45) is 5.92 Å². The van der Waals surface area contributed by atoms with Crippen LogP contribution in [0.3, 0.4) is 0 Å². The van der Waals surface area contributed by atoms with E-state index in [0.29, 0.717) is 6.54 Å². The molecule has 0 spiro atoms. The van der Waals surface area contributed by atoms with Crippen LogP contribution in [0.25, 0.3) is 0 Å². The van der Waals surface area contributed by atoms with Crippen LogP contribution in [0.5, 0.6) is 0 Å². The quantitative estimate of drug-likeness (QED) is 0.810. The Morgan fingerprint density at radius 3 is 2.28 bits per heavy atom. The van der Waals surface area contributed by atoms with Crippen LogP contribution in [0.2, 0.25) is 0 Å². The largest absolute Gasteiger partial charge is 0.481 e. The second-order valence-corrected chi connectivity index (χ2v) is 4.39. The molecule has 0 heterocycles. The van der Waals surface area contributed by atoms with Gasteiger partial charge in [-0.3, -0.25) is 9.59 Å². The molecule has 1 amide bonds. The predicted octanol–water partition coefficient (Wildman–Crippen LogP) is 1.98. The Labute approximate surface area is 107 Å². The smallest absolute Gasteiger partial charge is 0.304 e. The fourth-order valence-electron chi connectivity index (χ4n) is 1.61. The minimum atomic E-state index is -0.954. The van der Waals surface area contributed by atoms with E-state index in [1.165, 1.54) is 5.56 Å². The summed E-state index contributed by atoms with van der Waals surface area (Å²) in [5.74, 6) is -1.68. The van der Waals surface area contributed by atoms with E-state index in [4.69, 9.17) is 5.11 Å². The number of carboxylic acids is 1. The first kappa shape index (κ1) is 14.2. The van der Waals surface area contributed by atoms with Crippen molar-refractivity contribution in [3.05, 3.63) is 35.4 Å². The number of carbonyl (C=O) groups excluding carboxylic acids is 1. The number of hydrogen-bond acceptors (Lipinski definition) is 2. The summed E-state index contributed by atoms with van der Waals surface area (Å²) in [6, 6.07) is 8.01. The second kappa shape index (κ2) is 6.79. The maximum Gasteiger partial charge on any atom is 0.304 e. The lowest BCUT2D eigenvalue weighted by Gasteiger charge is -2.10. The van der Waals surface area contributed by atoms with E-state index < -0.39 is 11.9 Å². The van der Waals surface area contributed by atoms with Gasteiger partial charge in [0.15, 0.2) is 0 Å². The molecule has 0 saturated carbocycles. The molecule has 4 nitrogen and oxygen atoms in total. The molecule has 18 heavy (non-hydrogen) atoms. The lowest BCUT2D eigenvalue weighted by molar-refractivity contribution is -0.140. The van der Waals surface area contributed by atoms with E-state index in [1.54, 1.807) is 6.92 Å². The third-order valence-corrected chi connectivity index (χ3v) is 2.83. The highest BCUT2D eigenvalue weighted by molar-refractivity contribution is 5.82. The molecule has 0 bridgehead atoms. The molecular formula is C14H19NO3. The van der Waals surface area contributed by atoms with Crippen LogP contribution < -0.4 is 5.32 Å². The molecule has 0 radical (unpaired) electrons. The maximum atomic E-state index is 11.6. The number of nitrogens with one attached hydrogen (secondary N) is 1. The van der Waals surface area contributed by atoms with Crippen molar-refractivity contribution in [1.82, 2.24) is 5.32 Å². The summed E-state index contributed by atoms with van der Waals surface area (Å²) in [4.78, 5) is 22.1. The predicted molar refractivity (Wildman–Crippen MR) is 69.1 cm³/mol. The molecule has 4 heteroatoms. The summed E-state index contributed by atoms with van der Waals surface area (Å²) >= 11 is 0. The van der Waals surface area contributed by atoms with Crippen LogP contribution in [-0.2, 0) is 22.6 Å². The Balaban J connectivity index is 2.44. The minimum absolute atomic E-state index is 0.138. The Morgan fingerprint density at radius 1 is 1.22 bits per heavy atom. The molecular weight excluding hydrogens is 230 g/mol. The molecule has 1 aromatic rings. The van der Waals surface area contributed by atoms with Crippen molar-refractivity contribution in [3.8, 4) is 0 Å².